The molecule has 6 aliphatic rings. The predicted octanol–water partition coefficient (Wildman–Crippen LogP) is 1.23. The quantitative estimate of drug-likeness (QED) is 0.0498. The highest BCUT2D eigenvalue weighted by atomic mass is 32.5. The molecule has 12 heterocycles. The number of aromatic amines is 2. The number of imidazole rings is 2. The third kappa shape index (κ3) is 15.3. The zero-order valence-electron chi connectivity index (χ0n) is 53.1. The molecule has 0 spiro atoms. The first-order chi connectivity index (χ1) is 45.3. The summed E-state index contributed by atoms with van der Waals surface area (Å²) in [5, 5.41) is 0. The van der Waals surface area contributed by atoms with Gasteiger partial charge in [-0.1, -0.05) is 20.8 Å². The van der Waals surface area contributed by atoms with Crippen molar-refractivity contribution in [3.05, 3.63) is 91.5 Å². The monoisotopic (exact) mass is 1420 g/mol. The van der Waals surface area contributed by atoms with Gasteiger partial charge in [0.25, 0.3) is 11.1 Å². The number of nitrogens with one attached hydrogen (secondary N) is 2. The van der Waals surface area contributed by atoms with Crippen LogP contribution < -0.4 is 34.0 Å². The van der Waals surface area contributed by atoms with E-state index in [-0.39, 0.29) is 18.0 Å². The number of rotatable bonds is 21. The van der Waals surface area contributed by atoms with Gasteiger partial charge in [-0.05, 0) is 31.1 Å². The van der Waals surface area contributed by atoms with E-state index in [1.807, 2.05) is 18.4 Å². The molecule has 6 aliphatic heterocycles. The summed E-state index contributed by atoms with van der Waals surface area (Å²) >= 11 is 4.88. The van der Waals surface area contributed by atoms with Crippen LogP contribution in [0, 0.1) is 0 Å². The maximum atomic E-state index is 12.0. The number of phosphoric ester groups is 2. The number of nitrogens with two attached hydrogens (primary N) is 2. The lowest BCUT2D eigenvalue weighted by Crippen LogP contribution is -2.52. The van der Waals surface area contributed by atoms with Gasteiger partial charge in [0.15, 0.2) is 47.8 Å². The Morgan fingerprint density at radius 2 is 1.04 bits per heavy atom. The Bertz CT molecular complexity index is 3890. The van der Waals surface area contributed by atoms with E-state index in [2.05, 4.69) is 48.9 Å². The van der Waals surface area contributed by atoms with Crippen molar-refractivity contribution in [1.29, 1.82) is 0 Å². The Labute approximate surface area is 545 Å². The van der Waals surface area contributed by atoms with E-state index in [4.69, 9.17) is 88.7 Å². The molecule has 6 saturated heterocycles. The molecule has 0 aromatic carbocycles. The van der Waals surface area contributed by atoms with Crippen LogP contribution >= 0.6 is 22.4 Å². The highest BCUT2D eigenvalue weighted by molar-refractivity contribution is 8.07. The number of nitrogen functional groups attached to an aromatic ring is 2. The van der Waals surface area contributed by atoms with Crippen molar-refractivity contribution >= 4 is 68.1 Å². The maximum Gasteiger partial charge on any atom is 0.472 e. The Kier molecular flexibility index (Phi) is 23.8. The molecule has 7 unspecified atom stereocenters. The minimum atomic E-state index is -4.27. The van der Waals surface area contributed by atoms with Crippen molar-refractivity contribution in [1.82, 2.24) is 58.1 Å². The Morgan fingerprint density at radius 3 is 1.46 bits per heavy atom. The van der Waals surface area contributed by atoms with Crippen molar-refractivity contribution in [2.75, 3.05) is 81.1 Å². The number of fused-ring (bicyclic) bond motifs is 6. The molecule has 4 bridgehead atoms. The van der Waals surface area contributed by atoms with Gasteiger partial charge in [-0.3, -0.25) is 60.4 Å². The highest BCUT2D eigenvalue weighted by Gasteiger charge is 2.62. The summed E-state index contributed by atoms with van der Waals surface area (Å²) in [6.45, 7) is 3.63. The van der Waals surface area contributed by atoms with Gasteiger partial charge in [0.1, 0.15) is 83.7 Å². The Balaban J connectivity index is 0.000000149. The largest absolute Gasteiger partial charge is 0.472 e. The van der Waals surface area contributed by atoms with Crippen LogP contribution in [0.25, 0.3) is 22.3 Å². The second-order valence-electron chi connectivity index (χ2n) is 21.9. The van der Waals surface area contributed by atoms with Crippen LogP contribution in [-0.4, -0.2) is 215 Å². The summed E-state index contributed by atoms with van der Waals surface area (Å²) in [6.07, 6.45) is 2.35. The van der Waals surface area contributed by atoms with Crippen LogP contribution in [0.3, 0.4) is 0 Å². The van der Waals surface area contributed by atoms with Crippen LogP contribution in [-0.2, 0) is 95.4 Å². The highest BCUT2D eigenvalue weighted by Crippen LogP contribution is 2.56. The minimum absolute atomic E-state index is 0.224. The standard InChI is InChI=1S/C14H20N5O6P.C14H19N5O4.C12H19N2O8P.C12H19N2O7PS/c1-3-14-4-5-23-9(10(14)25-26(20,21)22-2)13(24-14)19-7-18-8-11(15)16-6-17-12(8)19;1-20-5-14-3-4-22-9(10(14)21-2)13(23-14)19-7-18-8-11(15)16-6-17-12(8)19;1-4-7-9(22-23(17,18)20-3)10(19-2)11(21-7)14-6-5-8(15)13-12(14)16;1-4-7-9(21-22(17,23)19-3)10(18-2)11(20-7)14-6-5-8(15)13-12(14)16/h6-7,9-10,13H,3-5H2,1-2H3,(H,20,21)(H2,15,16,17);6-7,9-10,13H,3-5H2,1-2H3,(H2,15,16,17);5-7,9-11H,4H2,1-3H3,(H,17,18)(H,13,15,16);5-7,9-11H,4H2,1-3H3,(H,17,23)(H,13,15,16)/t9-,10?,13+,14-;9-,10?,13+,14+;7-,9?,10+,11-;7-,9?,10+,11-,22?/m0011/s1. The zero-order chi connectivity index (χ0) is 69.0. The molecule has 95 heavy (non-hydrogen) atoms. The third-order valence-electron chi connectivity index (χ3n) is 16.8. The zero-order valence-corrected chi connectivity index (χ0v) is 56.6. The molecule has 0 radical (unpaired) electrons. The van der Waals surface area contributed by atoms with Crippen LogP contribution in [0.15, 0.2) is 69.0 Å². The third-order valence-corrected chi connectivity index (χ3v) is 20.4. The molecule has 6 aromatic rings. The van der Waals surface area contributed by atoms with Crippen molar-refractivity contribution < 1.29 is 98.3 Å². The molecule has 12 rings (SSSR count). The molecular weight excluding hydrogens is 1350 g/mol. The number of H-pyrrole nitrogens is 2. The fraction of sp³-hybridized carbons (Fsp3) is 0.654. The second-order valence-corrected chi connectivity index (χ2v) is 27.9. The molecule has 0 amide bonds. The fourth-order valence-corrected chi connectivity index (χ4v) is 14.5. The van der Waals surface area contributed by atoms with Gasteiger partial charge in [0, 0.05) is 87.1 Å². The summed E-state index contributed by atoms with van der Waals surface area (Å²) in [6, 6.07) is 2.37. The number of aromatic nitrogens is 12. The van der Waals surface area contributed by atoms with Crippen LogP contribution in [0.4, 0.5) is 11.6 Å². The van der Waals surface area contributed by atoms with Gasteiger partial charge in [-0.2, -0.15) is 0 Å². The van der Waals surface area contributed by atoms with Gasteiger partial charge in [-0.15, -0.1) is 0 Å². The Hall–Kier alpha value is -5.59. The molecular formula is C52H77N14O25P3S. The molecule has 6 aromatic heterocycles. The average molecular weight is 1420 g/mol. The number of phosphoric acid groups is 2. The maximum absolute atomic E-state index is 12.0. The first-order valence-corrected chi connectivity index (χ1v) is 35.0. The topological polar surface area (TPSA) is 491 Å². The number of hydrogen-bond donors (Lipinski definition) is 7. The molecule has 0 saturated carbocycles. The van der Waals surface area contributed by atoms with E-state index in [1.165, 1.54) is 63.1 Å². The van der Waals surface area contributed by atoms with E-state index < -0.39 is 130 Å². The van der Waals surface area contributed by atoms with Gasteiger partial charge in [0.05, 0.1) is 44.7 Å². The second kappa shape index (κ2) is 30.7. The smallest absolute Gasteiger partial charge is 0.382 e. The van der Waals surface area contributed by atoms with E-state index in [0.717, 1.165) is 18.8 Å². The van der Waals surface area contributed by atoms with Crippen LogP contribution in [0.5, 0.6) is 0 Å². The molecule has 39 nitrogen and oxygen atoms in total. The number of anilines is 2. The molecule has 0 aliphatic carbocycles. The molecule has 43 heteroatoms. The summed E-state index contributed by atoms with van der Waals surface area (Å²) in [4.78, 5) is 105. The average Bonchev–Trinajstić information content (AvgIpc) is 1.58. The molecule has 9 N–H and O–H groups in total. The van der Waals surface area contributed by atoms with E-state index >= 15 is 0 Å². The number of methoxy groups -OCH3 is 4. The van der Waals surface area contributed by atoms with Crippen molar-refractivity contribution in [2.24, 2.45) is 0 Å². The van der Waals surface area contributed by atoms with Crippen molar-refractivity contribution in [2.45, 2.75) is 150 Å². The van der Waals surface area contributed by atoms with Gasteiger partial charge >= 0.3 is 33.7 Å². The summed E-state index contributed by atoms with van der Waals surface area (Å²) in [7, 11) is 1.04. The van der Waals surface area contributed by atoms with Crippen molar-refractivity contribution in [3.63, 3.8) is 0 Å². The summed E-state index contributed by atoms with van der Waals surface area (Å²) in [5.41, 5.74) is 10.1. The van der Waals surface area contributed by atoms with E-state index in [9.17, 15) is 43.0 Å². The van der Waals surface area contributed by atoms with Crippen LogP contribution in [0.1, 0.15) is 77.8 Å². The normalized spacial score (nSPS) is 31.9. The molecule has 6 fully saturated rings. The fourth-order valence-electron chi connectivity index (χ4n) is 12.2. The number of nitrogens with zero attached hydrogens (tertiary/aromatic N) is 10. The van der Waals surface area contributed by atoms with E-state index in [1.54, 1.807) is 38.4 Å². The molecule has 19 atom stereocenters. The number of hydrogen-bond acceptors (Lipinski definition) is 31. The summed E-state index contributed by atoms with van der Waals surface area (Å²) in [5.74, 6) is 0.596. The molecule has 526 valence electrons. The SMILES string of the molecule is CC[C@H]1O[C@@H](n2ccc(=O)[nH]c2=O)[C@@H](OC)C1OP(=O)(O)OC.CC[C@H]1O[C@@H](n2ccc(=O)[nH]c2=O)[C@@H](OC)C1OP(O)(=S)OC.CC[C@]12CCO[C@@H](C1OP(=O)(O)OC)[C@H](n1cnc3c(N)ncnc31)O2.COC[C@]12CCO[C@@H](C1OC)[C@H](n1cnc3c(N)ncnc31)O2. The van der Waals surface area contributed by atoms with Gasteiger partial charge in [0.2, 0.25) is 0 Å². The first kappa shape index (κ1) is 73.7. The number of ether oxygens (including phenoxy) is 10. The lowest BCUT2D eigenvalue weighted by molar-refractivity contribution is -0.159. The van der Waals surface area contributed by atoms with Crippen LogP contribution in [0.2, 0.25) is 0 Å². The first-order valence-electron chi connectivity index (χ1n) is 29.4. The van der Waals surface area contributed by atoms with E-state index in [0.29, 0.717) is 80.1 Å². The predicted molar refractivity (Wildman–Crippen MR) is 331 cm³/mol. The van der Waals surface area contributed by atoms with Gasteiger partial charge < -0.3 is 78.0 Å². The van der Waals surface area contributed by atoms with Gasteiger partial charge in [-0.25, -0.2) is 48.6 Å². The lowest BCUT2D eigenvalue weighted by Gasteiger charge is -2.37. The van der Waals surface area contributed by atoms with Crippen molar-refractivity contribution in [3.8, 4) is 0 Å². The minimum Gasteiger partial charge on any atom is -0.382 e. The Morgan fingerprint density at radius 1 is 0.589 bits per heavy atom. The lowest BCUT2D eigenvalue weighted by atomic mass is 9.87. The summed E-state index contributed by atoms with van der Waals surface area (Å²) < 4.78 is 117.